The van der Waals surface area contributed by atoms with E-state index in [1.807, 2.05) is 11.3 Å². The van der Waals surface area contributed by atoms with Gasteiger partial charge in [0.15, 0.2) is 0 Å². The maximum atomic E-state index is 6.43. The Labute approximate surface area is 263 Å². The van der Waals surface area contributed by atoms with Crippen molar-refractivity contribution >= 4 is 75.3 Å². The van der Waals surface area contributed by atoms with Gasteiger partial charge in [0.05, 0.1) is 11.0 Å². The number of fused-ring (bicyclic) bond motifs is 10. The lowest BCUT2D eigenvalue weighted by Crippen LogP contribution is -1.92. The Bertz CT molecular complexity index is 2740. The number of furan rings is 1. The smallest absolute Gasteiger partial charge is 0.136 e. The lowest BCUT2D eigenvalue weighted by Gasteiger charge is -2.09. The van der Waals surface area contributed by atoms with E-state index in [1.54, 1.807) is 0 Å². The van der Waals surface area contributed by atoms with E-state index in [4.69, 9.17) is 4.42 Å². The molecular weight excluding hydrogens is 567 g/mol. The standard InChI is InChI=1S/C42H25NOS/c1-2-9-29(10-3-1)43-35-14-6-4-11-31(35)34-25-28(21-23-36(34)43)26-17-19-27(20-18-26)30-13-8-15-37-40(30)41-38(44-37)24-22-33-32-12-5-7-16-39(32)45-42(33)41/h1-25H. The van der Waals surface area contributed by atoms with E-state index in [0.29, 0.717) is 0 Å². The average molecular weight is 592 g/mol. The van der Waals surface area contributed by atoms with Gasteiger partial charge in [0.1, 0.15) is 11.2 Å². The molecule has 0 saturated carbocycles. The molecule has 3 aromatic heterocycles. The number of hydrogen-bond acceptors (Lipinski definition) is 2. The van der Waals surface area contributed by atoms with Crippen LogP contribution < -0.4 is 0 Å². The maximum absolute atomic E-state index is 6.43. The minimum Gasteiger partial charge on any atom is -0.456 e. The minimum absolute atomic E-state index is 0.928. The van der Waals surface area contributed by atoms with Crippen molar-refractivity contribution in [2.24, 2.45) is 0 Å². The van der Waals surface area contributed by atoms with Gasteiger partial charge in [-0.2, -0.15) is 0 Å². The molecular formula is C42H25NOS. The summed E-state index contributed by atoms with van der Waals surface area (Å²) < 4.78 is 11.4. The molecule has 3 heterocycles. The Morgan fingerprint density at radius 3 is 2.04 bits per heavy atom. The van der Waals surface area contributed by atoms with Crippen LogP contribution in [-0.4, -0.2) is 4.57 Å². The third-order valence-electron chi connectivity index (χ3n) is 9.22. The third kappa shape index (κ3) is 3.62. The summed E-state index contributed by atoms with van der Waals surface area (Å²) in [6, 6.07) is 54.6. The van der Waals surface area contributed by atoms with Crippen LogP contribution >= 0.6 is 11.3 Å². The van der Waals surface area contributed by atoms with Crippen LogP contribution in [0.4, 0.5) is 0 Å². The molecule has 0 saturated heterocycles. The van der Waals surface area contributed by atoms with E-state index in [-0.39, 0.29) is 0 Å². The molecule has 0 atom stereocenters. The van der Waals surface area contributed by atoms with E-state index in [9.17, 15) is 0 Å². The molecule has 0 aliphatic rings. The van der Waals surface area contributed by atoms with Crippen LogP contribution in [0.1, 0.15) is 0 Å². The molecule has 0 fully saturated rings. The zero-order valence-electron chi connectivity index (χ0n) is 24.2. The van der Waals surface area contributed by atoms with E-state index >= 15 is 0 Å². The number of hydrogen-bond donors (Lipinski definition) is 0. The Balaban J connectivity index is 1.12. The van der Waals surface area contributed by atoms with Gasteiger partial charge in [0, 0.05) is 47.4 Å². The second kappa shape index (κ2) is 9.43. The highest BCUT2D eigenvalue weighted by Crippen LogP contribution is 2.45. The zero-order valence-corrected chi connectivity index (χ0v) is 25.0. The summed E-state index contributed by atoms with van der Waals surface area (Å²) in [6.07, 6.45) is 0. The molecule has 0 unspecified atom stereocenters. The van der Waals surface area contributed by atoms with Crippen molar-refractivity contribution in [3.63, 3.8) is 0 Å². The summed E-state index contributed by atoms with van der Waals surface area (Å²) in [5.41, 5.74) is 10.3. The summed E-state index contributed by atoms with van der Waals surface area (Å²) >= 11 is 1.85. The van der Waals surface area contributed by atoms with E-state index in [0.717, 1.165) is 11.2 Å². The first kappa shape index (κ1) is 24.8. The van der Waals surface area contributed by atoms with Gasteiger partial charge in [0.25, 0.3) is 0 Å². The van der Waals surface area contributed by atoms with Crippen LogP contribution in [0.25, 0.3) is 91.9 Å². The molecule has 0 aliphatic carbocycles. The number of aromatic nitrogens is 1. The van der Waals surface area contributed by atoms with Gasteiger partial charge in [-0.1, -0.05) is 97.1 Å². The van der Waals surface area contributed by atoms with Crippen molar-refractivity contribution in [1.82, 2.24) is 4.57 Å². The molecule has 0 aliphatic heterocycles. The molecule has 0 spiro atoms. The lowest BCUT2D eigenvalue weighted by atomic mass is 9.96. The third-order valence-corrected chi connectivity index (χ3v) is 10.4. The Kier molecular flexibility index (Phi) is 5.19. The Morgan fingerprint density at radius 2 is 1.16 bits per heavy atom. The molecule has 7 aromatic carbocycles. The second-order valence-electron chi connectivity index (χ2n) is 11.7. The maximum Gasteiger partial charge on any atom is 0.136 e. The van der Waals surface area contributed by atoms with E-state index < -0.39 is 0 Å². The molecule has 0 N–H and O–H groups in total. The van der Waals surface area contributed by atoms with E-state index in [2.05, 4.69) is 156 Å². The molecule has 2 nitrogen and oxygen atoms in total. The summed E-state index contributed by atoms with van der Waals surface area (Å²) in [6.45, 7) is 0. The SMILES string of the molecule is c1ccc(-n2c3ccccc3c3cc(-c4ccc(-c5cccc6oc7ccc8c9ccccc9sc8c7c56)cc4)ccc32)cc1. The van der Waals surface area contributed by atoms with Crippen LogP contribution in [0.2, 0.25) is 0 Å². The fourth-order valence-corrected chi connectivity index (χ4v) is 8.42. The first-order chi connectivity index (χ1) is 22.3. The zero-order chi connectivity index (χ0) is 29.5. The van der Waals surface area contributed by atoms with Crippen molar-refractivity contribution < 1.29 is 4.42 Å². The Hall–Kier alpha value is -5.64. The molecule has 0 bridgehead atoms. The first-order valence-corrected chi connectivity index (χ1v) is 16.1. The van der Waals surface area contributed by atoms with Crippen LogP contribution in [0, 0.1) is 0 Å². The highest BCUT2D eigenvalue weighted by atomic mass is 32.1. The lowest BCUT2D eigenvalue weighted by molar-refractivity contribution is 0.669. The highest BCUT2D eigenvalue weighted by molar-refractivity contribution is 7.26. The minimum atomic E-state index is 0.928. The van der Waals surface area contributed by atoms with Crippen molar-refractivity contribution in [3.8, 4) is 27.9 Å². The van der Waals surface area contributed by atoms with Crippen LogP contribution in [0.3, 0.4) is 0 Å². The Morgan fingerprint density at radius 1 is 0.444 bits per heavy atom. The van der Waals surface area contributed by atoms with Gasteiger partial charge >= 0.3 is 0 Å². The van der Waals surface area contributed by atoms with Crippen LogP contribution in [0.15, 0.2) is 156 Å². The fraction of sp³-hybridized carbons (Fsp3) is 0. The summed E-state index contributed by atoms with van der Waals surface area (Å²) in [5.74, 6) is 0. The average Bonchev–Trinajstić information content (AvgIpc) is 3.78. The van der Waals surface area contributed by atoms with Gasteiger partial charge in [-0.05, 0) is 76.9 Å². The molecule has 0 radical (unpaired) electrons. The van der Waals surface area contributed by atoms with Crippen LogP contribution in [0.5, 0.6) is 0 Å². The topological polar surface area (TPSA) is 18.1 Å². The molecule has 3 heteroatoms. The number of rotatable bonds is 3. The van der Waals surface area contributed by atoms with Gasteiger partial charge in [-0.25, -0.2) is 0 Å². The number of para-hydroxylation sites is 2. The normalized spacial score (nSPS) is 12.0. The van der Waals surface area contributed by atoms with E-state index in [1.165, 1.54) is 80.7 Å². The van der Waals surface area contributed by atoms with Gasteiger partial charge in [0.2, 0.25) is 0 Å². The van der Waals surface area contributed by atoms with Crippen molar-refractivity contribution in [2.45, 2.75) is 0 Å². The molecule has 10 aromatic rings. The number of thiophene rings is 1. The summed E-state index contributed by atoms with van der Waals surface area (Å²) in [4.78, 5) is 0. The van der Waals surface area contributed by atoms with Crippen LogP contribution in [-0.2, 0) is 0 Å². The summed E-state index contributed by atoms with van der Waals surface area (Å²) in [7, 11) is 0. The molecule has 10 rings (SSSR count). The van der Waals surface area contributed by atoms with Gasteiger partial charge in [-0.15, -0.1) is 11.3 Å². The number of nitrogens with zero attached hydrogens (tertiary/aromatic N) is 1. The van der Waals surface area contributed by atoms with Gasteiger partial charge in [-0.3, -0.25) is 0 Å². The molecule has 0 amide bonds. The molecule has 45 heavy (non-hydrogen) atoms. The van der Waals surface area contributed by atoms with Crippen molar-refractivity contribution in [2.75, 3.05) is 0 Å². The first-order valence-electron chi connectivity index (χ1n) is 15.3. The quantitative estimate of drug-likeness (QED) is 0.200. The number of benzene rings is 7. The largest absolute Gasteiger partial charge is 0.456 e. The second-order valence-corrected chi connectivity index (χ2v) is 12.7. The molecule has 210 valence electrons. The van der Waals surface area contributed by atoms with Gasteiger partial charge < -0.3 is 8.98 Å². The highest BCUT2D eigenvalue weighted by Gasteiger charge is 2.18. The predicted molar refractivity (Wildman–Crippen MR) is 192 cm³/mol. The van der Waals surface area contributed by atoms with Crippen molar-refractivity contribution in [3.05, 3.63) is 152 Å². The predicted octanol–water partition coefficient (Wildman–Crippen LogP) is 12.4. The van der Waals surface area contributed by atoms with Crippen molar-refractivity contribution in [1.29, 1.82) is 0 Å². The fourth-order valence-electron chi connectivity index (χ4n) is 7.18. The monoisotopic (exact) mass is 591 g/mol. The summed E-state index contributed by atoms with van der Waals surface area (Å²) in [5, 5.41) is 7.52.